The van der Waals surface area contributed by atoms with Crippen molar-refractivity contribution < 1.29 is 42.1 Å². The van der Waals surface area contributed by atoms with Gasteiger partial charge in [0.05, 0.1) is 13.0 Å². The lowest BCUT2D eigenvalue weighted by atomic mass is 10.0. The third-order valence-corrected chi connectivity index (χ3v) is 4.52. The molecule has 0 aliphatic carbocycles. The molecule has 0 aliphatic heterocycles. The number of benzene rings is 1. The minimum atomic E-state index is -3.01. The van der Waals surface area contributed by atoms with Crippen LogP contribution in [0.2, 0.25) is 0 Å². The van der Waals surface area contributed by atoms with E-state index in [9.17, 15) is 23.2 Å². The smallest absolute Gasteiger partial charge is 0.309 e. The summed E-state index contributed by atoms with van der Waals surface area (Å²) >= 11 is 0. The van der Waals surface area contributed by atoms with Crippen LogP contribution in [-0.2, 0) is 14.3 Å². The maximum atomic E-state index is 13.6. The minimum absolute atomic E-state index is 0.100. The van der Waals surface area contributed by atoms with Gasteiger partial charge in [0.25, 0.3) is 6.43 Å². The number of aromatic nitrogens is 1. The lowest BCUT2D eigenvalue weighted by molar-refractivity contribution is -0.169. The van der Waals surface area contributed by atoms with Crippen molar-refractivity contribution in [1.82, 2.24) is 4.98 Å². The van der Waals surface area contributed by atoms with Crippen LogP contribution in [0.4, 0.5) is 8.78 Å². The summed E-state index contributed by atoms with van der Waals surface area (Å²) in [6.45, 7) is 3.86. The van der Waals surface area contributed by atoms with Crippen LogP contribution in [0.3, 0.4) is 0 Å². The summed E-state index contributed by atoms with van der Waals surface area (Å²) in [7, 11) is 1.32. The van der Waals surface area contributed by atoms with Crippen molar-refractivity contribution in [3.8, 4) is 17.2 Å². The van der Waals surface area contributed by atoms with E-state index in [0.29, 0.717) is 5.75 Å². The number of carbonyl (C=O) groups excluding carboxylic acids is 3. The Kier molecular flexibility index (Phi) is 9.26. The molecule has 1 aromatic heterocycles. The highest BCUT2D eigenvalue weighted by molar-refractivity contribution is 5.99. The first-order chi connectivity index (χ1) is 15.6. The van der Waals surface area contributed by atoms with Crippen LogP contribution < -0.4 is 14.2 Å². The predicted octanol–water partition coefficient (Wildman–Crippen LogP) is 3.87. The van der Waals surface area contributed by atoms with Crippen molar-refractivity contribution in [1.29, 1.82) is 0 Å². The highest BCUT2D eigenvalue weighted by Crippen LogP contribution is 2.31. The number of halogens is 2. The average molecular weight is 465 g/mol. The number of pyridine rings is 1. The van der Waals surface area contributed by atoms with Crippen molar-refractivity contribution >= 4 is 17.7 Å². The first-order valence-electron chi connectivity index (χ1n) is 10.1. The number of nitrogens with zero attached hydrogens (tertiary/aromatic N) is 1. The van der Waals surface area contributed by atoms with E-state index in [-0.39, 0.29) is 17.2 Å². The highest BCUT2D eigenvalue weighted by atomic mass is 19.3. The van der Waals surface area contributed by atoms with E-state index in [1.807, 2.05) is 0 Å². The number of rotatable bonds is 11. The molecule has 0 spiro atoms. The Balaban J connectivity index is 2.09. The summed E-state index contributed by atoms with van der Waals surface area (Å²) in [4.78, 5) is 40.5. The van der Waals surface area contributed by atoms with Crippen LogP contribution in [-0.4, -0.2) is 48.4 Å². The minimum Gasteiger partial charge on any atom is -0.493 e. The van der Waals surface area contributed by atoms with E-state index >= 15 is 0 Å². The number of carbonyl (C=O) groups is 3. The molecule has 0 radical (unpaired) electrons. The predicted molar refractivity (Wildman–Crippen MR) is 113 cm³/mol. The summed E-state index contributed by atoms with van der Waals surface area (Å²) in [5.74, 6) is -3.18. The monoisotopic (exact) mass is 465 g/mol. The molecule has 1 aromatic carbocycles. The fourth-order valence-electron chi connectivity index (χ4n) is 2.87. The molecular weight excluding hydrogens is 440 g/mol. The molecule has 1 heterocycles. The van der Waals surface area contributed by atoms with Crippen molar-refractivity contribution in [2.75, 3.05) is 7.11 Å². The second-order valence-corrected chi connectivity index (χ2v) is 7.18. The van der Waals surface area contributed by atoms with Crippen LogP contribution in [0.25, 0.3) is 0 Å². The summed E-state index contributed by atoms with van der Waals surface area (Å²) < 4.78 is 47.7. The van der Waals surface area contributed by atoms with Gasteiger partial charge in [-0.05, 0) is 19.1 Å². The van der Waals surface area contributed by atoms with Gasteiger partial charge in [0.15, 0.2) is 23.3 Å². The largest absolute Gasteiger partial charge is 0.493 e. The molecule has 0 saturated heterocycles. The molecule has 0 aliphatic rings. The number of alkyl halides is 2. The first kappa shape index (κ1) is 25.7. The zero-order chi connectivity index (χ0) is 24.5. The number of methoxy groups -OCH3 is 1. The standard InChI is InChI=1S/C23H25F2NO7/c1-13(12-17(28)19-21(32-15(3)27)18(30-4)10-11-26-19)23(29)33-20(22(24)25)14(2)31-16-8-6-5-7-9-16/h5-11,13-14,20,22H,12H2,1-4H3/t13-,14+,20+/m1/s1. The molecule has 3 atom stereocenters. The Morgan fingerprint density at radius 2 is 1.73 bits per heavy atom. The maximum absolute atomic E-state index is 13.6. The Labute approximate surface area is 189 Å². The number of hydrogen-bond donors (Lipinski definition) is 0. The molecule has 0 fully saturated rings. The van der Waals surface area contributed by atoms with Gasteiger partial charge in [-0.3, -0.25) is 14.4 Å². The van der Waals surface area contributed by atoms with Gasteiger partial charge in [-0.2, -0.15) is 0 Å². The quantitative estimate of drug-likeness (QED) is 0.364. The Hall–Kier alpha value is -3.56. The normalized spacial score (nSPS) is 13.5. The SMILES string of the molecule is COc1ccnc(C(=O)C[C@@H](C)C(=O)O[C@H](C(F)F)[C@H](C)Oc2ccccc2)c1OC(C)=O. The zero-order valence-electron chi connectivity index (χ0n) is 18.6. The van der Waals surface area contributed by atoms with Gasteiger partial charge < -0.3 is 18.9 Å². The molecule has 33 heavy (non-hydrogen) atoms. The van der Waals surface area contributed by atoms with Crippen LogP contribution >= 0.6 is 0 Å². The number of ketones is 1. The van der Waals surface area contributed by atoms with Gasteiger partial charge in [0, 0.05) is 25.6 Å². The molecule has 8 nitrogen and oxygen atoms in total. The van der Waals surface area contributed by atoms with Crippen LogP contribution in [0.15, 0.2) is 42.6 Å². The topological polar surface area (TPSA) is 101 Å². The Bertz CT molecular complexity index is 969. The van der Waals surface area contributed by atoms with Gasteiger partial charge in [-0.25, -0.2) is 13.8 Å². The van der Waals surface area contributed by atoms with E-state index in [0.717, 1.165) is 6.92 Å². The van der Waals surface area contributed by atoms with Gasteiger partial charge >= 0.3 is 11.9 Å². The number of ether oxygens (including phenoxy) is 4. The second-order valence-electron chi connectivity index (χ2n) is 7.18. The fourth-order valence-corrected chi connectivity index (χ4v) is 2.87. The highest BCUT2D eigenvalue weighted by Gasteiger charge is 2.34. The summed E-state index contributed by atoms with van der Waals surface area (Å²) in [5.41, 5.74) is -0.226. The summed E-state index contributed by atoms with van der Waals surface area (Å²) in [6, 6.07) is 9.67. The van der Waals surface area contributed by atoms with Crippen molar-refractivity contribution in [2.24, 2.45) is 5.92 Å². The molecule has 0 amide bonds. The fraction of sp³-hybridized carbons (Fsp3) is 0.391. The summed E-state index contributed by atoms with van der Waals surface area (Å²) in [6.07, 6.45) is -5.14. The zero-order valence-corrected chi connectivity index (χ0v) is 18.6. The molecule has 2 rings (SSSR count). The van der Waals surface area contributed by atoms with Gasteiger partial charge in [0.1, 0.15) is 11.9 Å². The Morgan fingerprint density at radius 3 is 2.30 bits per heavy atom. The van der Waals surface area contributed by atoms with Crippen molar-refractivity contribution in [3.05, 3.63) is 48.3 Å². The van der Waals surface area contributed by atoms with E-state index in [2.05, 4.69) is 4.98 Å². The third-order valence-electron chi connectivity index (χ3n) is 4.52. The molecule has 0 unspecified atom stereocenters. The third kappa shape index (κ3) is 7.23. The number of Topliss-reactive ketones (excluding diaryl/α,β-unsaturated/α-hetero) is 1. The van der Waals surface area contributed by atoms with Crippen molar-refractivity contribution in [3.63, 3.8) is 0 Å². The molecule has 0 N–H and O–H groups in total. The van der Waals surface area contributed by atoms with E-state index < -0.39 is 48.7 Å². The lowest BCUT2D eigenvalue weighted by Gasteiger charge is -2.25. The maximum Gasteiger partial charge on any atom is 0.309 e. The first-order valence-corrected chi connectivity index (χ1v) is 10.1. The van der Waals surface area contributed by atoms with Crippen LogP contribution in [0.1, 0.15) is 37.7 Å². The van der Waals surface area contributed by atoms with Gasteiger partial charge in [0.2, 0.25) is 5.75 Å². The molecule has 10 heteroatoms. The molecule has 0 saturated carbocycles. The molecular formula is C23H25F2NO7. The molecule has 178 valence electrons. The number of para-hydroxylation sites is 1. The van der Waals surface area contributed by atoms with Gasteiger partial charge in [-0.15, -0.1) is 0 Å². The number of hydrogen-bond acceptors (Lipinski definition) is 8. The lowest BCUT2D eigenvalue weighted by Crippen LogP contribution is -2.40. The molecule has 0 bridgehead atoms. The van der Waals surface area contributed by atoms with Crippen LogP contribution in [0.5, 0.6) is 17.2 Å². The second kappa shape index (κ2) is 11.9. The van der Waals surface area contributed by atoms with Gasteiger partial charge in [-0.1, -0.05) is 25.1 Å². The van der Waals surface area contributed by atoms with E-state index in [4.69, 9.17) is 18.9 Å². The number of esters is 2. The Morgan fingerprint density at radius 1 is 1.06 bits per heavy atom. The van der Waals surface area contributed by atoms with Crippen LogP contribution in [0, 0.1) is 5.92 Å². The average Bonchev–Trinajstić information content (AvgIpc) is 2.77. The molecule has 2 aromatic rings. The van der Waals surface area contributed by atoms with E-state index in [1.54, 1.807) is 30.3 Å². The summed E-state index contributed by atoms with van der Waals surface area (Å²) in [5, 5.41) is 0. The van der Waals surface area contributed by atoms with Crippen molar-refractivity contribution in [2.45, 2.75) is 45.8 Å². The van der Waals surface area contributed by atoms with E-state index in [1.165, 1.54) is 33.2 Å².